The SMILES string of the molecule is Cc1cccc(C(=O)Oc2ccc(C=NNC(=O)c3ccc(OCc4ccccc4)cc3)cc2)c1. The van der Waals surface area contributed by atoms with E-state index in [1.807, 2.05) is 49.4 Å². The summed E-state index contributed by atoms with van der Waals surface area (Å²) in [6.45, 7) is 2.38. The smallest absolute Gasteiger partial charge is 0.343 e. The summed E-state index contributed by atoms with van der Waals surface area (Å²) >= 11 is 0. The predicted molar refractivity (Wildman–Crippen MR) is 135 cm³/mol. The van der Waals surface area contributed by atoms with Gasteiger partial charge in [-0.3, -0.25) is 4.79 Å². The van der Waals surface area contributed by atoms with E-state index in [0.717, 1.165) is 16.7 Å². The molecule has 0 bridgehead atoms. The van der Waals surface area contributed by atoms with Gasteiger partial charge >= 0.3 is 5.97 Å². The highest BCUT2D eigenvalue weighted by Gasteiger charge is 2.08. The molecule has 0 aliphatic rings. The van der Waals surface area contributed by atoms with Crippen LogP contribution in [0.1, 0.15) is 37.4 Å². The third kappa shape index (κ3) is 6.88. The van der Waals surface area contributed by atoms with Crippen molar-refractivity contribution in [1.29, 1.82) is 0 Å². The van der Waals surface area contributed by atoms with Gasteiger partial charge in [-0.1, -0.05) is 48.0 Å². The molecule has 4 aromatic rings. The second-order valence-electron chi connectivity index (χ2n) is 7.83. The van der Waals surface area contributed by atoms with Crippen LogP contribution in [0.3, 0.4) is 0 Å². The minimum atomic E-state index is -0.418. The number of aryl methyl sites for hydroxylation is 1. The Morgan fingerprint density at radius 1 is 0.800 bits per heavy atom. The summed E-state index contributed by atoms with van der Waals surface area (Å²) in [4.78, 5) is 24.6. The Morgan fingerprint density at radius 2 is 1.51 bits per heavy atom. The first-order valence-corrected chi connectivity index (χ1v) is 11.1. The average molecular weight is 465 g/mol. The minimum Gasteiger partial charge on any atom is -0.489 e. The average Bonchev–Trinajstić information content (AvgIpc) is 2.89. The largest absolute Gasteiger partial charge is 0.489 e. The number of hydrogen-bond acceptors (Lipinski definition) is 5. The third-order valence-electron chi connectivity index (χ3n) is 5.09. The highest BCUT2D eigenvalue weighted by molar-refractivity contribution is 5.95. The number of esters is 1. The molecule has 174 valence electrons. The van der Waals surface area contributed by atoms with E-state index in [1.165, 1.54) is 6.21 Å². The van der Waals surface area contributed by atoms with Crippen molar-refractivity contribution in [2.24, 2.45) is 5.10 Å². The van der Waals surface area contributed by atoms with Crippen LogP contribution in [-0.2, 0) is 6.61 Å². The molecule has 0 spiro atoms. The van der Waals surface area contributed by atoms with Gasteiger partial charge in [0.05, 0.1) is 11.8 Å². The van der Waals surface area contributed by atoms with Gasteiger partial charge in [-0.25, -0.2) is 10.2 Å². The Morgan fingerprint density at radius 3 is 2.23 bits per heavy atom. The number of hydrazone groups is 1. The number of nitrogens with zero attached hydrogens (tertiary/aromatic N) is 1. The fourth-order valence-corrected chi connectivity index (χ4v) is 3.23. The van der Waals surface area contributed by atoms with Crippen molar-refractivity contribution in [3.63, 3.8) is 0 Å². The number of carbonyl (C=O) groups is 2. The molecule has 35 heavy (non-hydrogen) atoms. The maximum atomic E-state index is 12.3. The molecule has 1 N–H and O–H groups in total. The Hall–Kier alpha value is -4.71. The standard InChI is InChI=1S/C29H24N2O4/c1-21-6-5-9-25(18-21)29(33)35-27-14-10-22(11-15-27)19-30-31-28(32)24-12-16-26(17-13-24)34-20-23-7-3-2-4-8-23/h2-19H,20H2,1H3,(H,31,32). The lowest BCUT2D eigenvalue weighted by Crippen LogP contribution is -2.17. The van der Waals surface area contributed by atoms with Crippen molar-refractivity contribution in [1.82, 2.24) is 5.43 Å². The van der Waals surface area contributed by atoms with E-state index in [9.17, 15) is 9.59 Å². The quantitative estimate of drug-likeness (QED) is 0.160. The van der Waals surface area contributed by atoms with Gasteiger partial charge in [0.2, 0.25) is 0 Å². The van der Waals surface area contributed by atoms with Crippen LogP contribution in [0, 0.1) is 6.92 Å². The van der Waals surface area contributed by atoms with E-state index in [0.29, 0.717) is 29.2 Å². The van der Waals surface area contributed by atoms with Crippen LogP contribution in [0.4, 0.5) is 0 Å². The van der Waals surface area contributed by atoms with E-state index >= 15 is 0 Å². The Bertz CT molecular complexity index is 1320. The molecular formula is C29H24N2O4. The second-order valence-corrected chi connectivity index (χ2v) is 7.83. The highest BCUT2D eigenvalue weighted by atomic mass is 16.5. The van der Waals surface area contributed by atoms with Gasteiger partial charge in [-0.05, 0) is 78.7 Å². The summed E-state index contributed by atoms with van der Waals surface area (Å²) in [6.07, 6.45) is 1.52. The fourth-order valence-electron chi connectivity index (χ4n) is 3.23. The first kappa shape index (κ1) is 23.4. The van der Waals surface area contributed by atoms with Crippen LogP contribution in [0.2, 0.25) is 0 Å². The summed E-state index contributed by atoms with van der Waals surface area (Å²) in [5.74, 6) is 0.350. The lowest BCUT2D eigenvalue weighted by atomic mass is 10.1. The molecule has 1 amide bonds. The van der Waals surface area contributed by atoms with Crippen LogP contribution in [-0.4, -0.2) is 18.1 Å². The minimum absolute atomic E-state index is 0.334. The van der Waals surface area contributed by atoms with Crippen LogP contribution in [0.15, 0.2) is 108 Å². The van der Waals surface area contributed by atoms with Crippen LogP contribution < -0.4 is 14.9 Å². The Kier molecular flexibility index (Phi) is 7.66. The number of nitrogens with one attached hydrogen (secondary N) is 1. The van der Waals surface area contributed by atoms with Crippen molar-refractivity contribution in [3.05, 3.63) is 131 Å². The third-order valence-corrected chi connectivity index (χ3v) is 5.09. The zero-order valence-electron chi connectivity index (χ0n) is 19.2. The molecule has 0 aromatic heterocycles. The number of carbonyl (C=O) groups excluding carboxylic acids is 2. The van der Waals surface area contributed by atoms with Crippen molar-refractivity contribution >= 4 is 18.1 Å². The van der Waals surface area contributed by atoms with Gasteiger partial charge in [0, 0.05) is 5.56 Å². The zero-order valence-corrected chi connectivity index (χ0v) is 19.2. The summed E-state index contributed by atoms with van der Waals surface area (Å²) in [6, 6.07) is 30.8. The van der Waals surface area contributed by atoms with Gasteiger partial charge in [-0.2, -0.15) is 5.10 Å². The molecule has 0 atom stereocenters. The molecule has 6 nitrogen and oxygen atoms in total. The number of amides is 1. The van der Waals surface area contributed by atoms with Crippen molar-refractivity contribution < 1.29 is 19.1 Å². The number of rotatable bonds is 8. The highest BCUT2D eigenvalue weighted by Crippen LogP contribution is 2.16. The maximum Gasteiger partial charge on any atom is 0.343 e. The fraction of sp³-hybridized carbons (Fsp3) is 0.0690. The van der Waals surface area contributed by atoms with Crippen molar-refractivity contribution in [3.8, 4) is 11.5 Å². The van der Waals surface area contributed by atoms with Gasteiger partial charge in [0.1, 0.15) is 18.1 Å². The molecule has 0 fully saturated rings. The normalized spacial score (nSPS) is 10.7. The summed E-state index contributed by atoms with van der Waals surface area (Å²) in [5, 5.41) is 4.00. The summed E-state index contributed by atoms with van der Waals surface area (Å²) < 4.78 is 11.1. The van der Waals surface area contributed by atoms with E-state index in [1.54, 1.807) is 60.7 Å². The molecular weight excluding hydrogens is 440 g/mol. The molecule has 4 aromatic carbocycles. The van der Waals surface area contributed by atoms with Gasteiger partial charge in [-0.15, -0.1) is 0 Å². The Labute approximate surface area is 203 Å². The Balaban J connectivity index is 1.26. The van der Waals surface area contributed by atoms with Gasteiger partial charge in [0.25, 0.3) is 5.91 Å². The number of ether oxygens (including phenoxy) is 2. The molecule has 6 heteroatoms. The second kappa shape index (κ2) is 11.4. The van der Waals surface area contributed by atoms with Gasteiger partial charge < -0.3 is 9.47 Å². The van der Waals surface area contributed by atoms with Crippen LogP contribution >= 0.6 is 0 Å². The van der Waals surface area contributed by atoms with E-state index in [-0.39, 0.29) is 5.91 Å². The first-order valence-electron chi connectivity index (χ1n) is 11.1. The molecule has 0 heterocycles. The molecule has 0 aliphatic heterocycles. The lowest BCUT2D eigenvalue weighted by molar-refractivity contribution is 0.0734. The van der Waals surface area contributed by atoms with Crippen LogP contribution in [0.25, 0.3) is 0 Å². The van der Waals surface area contributed by atoms with Crippen molar-refractivity contribution in [2.45, 2.75) is 13.5 Å². The first-order chi connectivity index (χ1) is 17.1. The molecule has 0 unspecified atom stereocenters. The molecule has 0 aliphatic carbocycles. The molecule has 0 saturated carbocycles. The molecule has 4 rings (SSSR count). The lowest BCUT2D eigenvalue weighted by Gasteiger charge is -2.07. The van der Waals surface area contributed by atoms with E-state index in [2.05, 4.69) is 10.5 Å². The summed E-state index contributed by atoms with van der Waals surface area (Å²) in [7, 11) is 0. The van der Waals surface area contributed by atoms with Crippen molar-refractivity contribution in [2.75, 3.05) is 0 Å². The molecule has 0 radical (unpaired) electrons. The zero-order chi connectivity index (χ0) is 24.5. The van der Waals surface area contributed by atoms with E-state index < -0.39 is 5.97 Å². The predicted octanol–water partition coefficient (Wildman–Crippen LogP) is 5.56. The molecule has 0 saturated heterocycles. The number of benzene rings is 4. The van der Waals surface area contributed by atoms with Gasteiger partial charge in [0.15, 0.2) is 0 Å². The van der Waals surface area contributed by atoms with E-state index in [4.69, 9.17) is 9.47 Å². The monoisotopic (exact) mass is 464 g/mol. The number of hydrogen-bond donors (Lipinski definition) is 1. The topological polar surface area (TPSA) is 77.0 Å². The summed E-state index contributed by atoms with van der Waals surface area (Å²) in [5.41, 5.74) is 6.26. The maximum absolute atomic E-state index is 12.3. The van der Waals surface area contributed by atoms with Crippen LogP contribution in [0.5, 0.6) is 11.5 Å².